The Morgan fingerprint density at radius 3 is 1.50 bits per heavy atom. The van der Waals surface area contributed by atoms with E-state index < -0.39 is 0 Å². The fourth-order valence-electron chi connectivity index (χ4n) is 0.0833. The number of rotatable bonds is 2. The summed E-state index contributed by atoms with van der Waals surface area (Å²) >= 11 is 0. The lowest BCUT2D eigenvalue weighted by atomic mass is 11.8. The molecular weight excluding hydrogens is 103 g/mol. The normalized spacial score (nSPS) is 7.00. The SMILES string of the molecule is COPOC.O. The molecule has 0 atom stereocenters. The topological polar surface area (TPSA) is 50.0 Å². The average Bonchev–Trinajstić information content (AvgIpc) is 1.41. The summed E-state index contributed by atoms with van der Waals surface area (Å²) < 4.78 is 8.99. The van der Waals surface area contributed by atoms with Gasteiger partial charge in [-0.2, -0.15) is 0 Å². The highest BCUT2D eigenvalue weighted by atomic mass is 31.1. The third kappa shape index (κ3) is 8.85. The van der Waals surface area contributed by atoms with Crippen LogP contribution >= 0.6 is 9.03 Å². The van der Waals surface area contributed by atoms with Crippen LogP contribution in [-0.2, 0) is 9.05 Å². The fourth-order valence-corrected chi connectivity index (χ4v) is 0.250. The van der Waals surface area contributed by atoms with Gasteiger partial charge in [-0.15, -0.1) is 0 Å². The second-order valence-corrected chi connectivity index (χ2v) is 1.47. The maximum absolute atomic E-state index is 4.50. The van der Waals surface area contributed by atoms with Crippen LogP contribution < -0.4 is 0 Å². The Morgan fingerprint density at radius 1 is 1.17 bits per heavy atom. The van der Waals surface area contributed by atoms with Gasteiger partial charge in [0.05, 0.1) is 0 Å². The molecule has 40 valence electrons. The van der Waals surface area contributed by atoms with E-state index in [-0.39, 0.29) is 14.5 Å². The van der Waals surface area contributed by atoms with Crippen LogP contribution in [0.5, 0.6) is 0 Å². The molecule has 0 saturated carbocycles. The fraction of sp³-hybridized carbons (Fsp3) is 1.00. The summed E-state index contributed by atoms with van der Waals surface area (Å²) in [6.45, 7) is 0. The van der Waals surface area contributed by atoms with Gasteiger partial charge < -0.3 is 14.5 Å². The summed E-state index contributed by atoms with van der Waals surface area (Å²) in [6.07, 6.45) is 0. The lowest BCUT2D eigenvalue weighted by Crippen LogP contribution is -1.60. The first kappa shape index (κ1) is 9.58. The van der Waals surface area contributed by atoms with Crippen molar-refractivity contribution >= 4 is 9.03 Å². The Balaban J connectivity index is 0. The summed E-state index contributed by atoms with van der Waals surface area (Å²) in [7, 11) is 3.40. The van der Waals surface area contributed by atoms with Gasteiger partial charge in [0, 0.05) is 14.2 Å². The van der Waals surface area contributed by atoms with Crippen LogP contribution in [0.3, 0.4) is 0 Å². The Morgan fingerprint density at radius 2 is 1.50 bits per heavy atom. The van der Waals surface area contributed by atoms with Crippen molar-refractivity contribution in [3.63, 3.8) is 0 Å². The molecule has 3 nitrogen and oxygen atoms in total. The quantitative estimate of drug-likeness (QED) is 0.470. The van der Waals surface area contributed by atoms with E-state index in [1.807, 2.05) is 0 Å². The molecule has 0 spiro atoms. The third-order valence-corrected chi connectivity index (χ3v) is 0.500. The Labute approximate surface area is 38.9 Å². The van der Waals surface area contributed by atoms with Crippen molar-refractivity contribution in [2.45, 2.75) is 0 Å². The second kappa shape index (κ2) is 9.00. The van der Waals surface area contributed by atoms with E-state index >= 15 is 0 Å². The molecule has 0 radical (unpaired) electrons. The van der Waals surface area contributed by atoms with Gasteiger partial charge in [0.1, 0.15) is 0 Å². The zero-order valence-electron chi connectivity index (χ0n) is 3.82. The van der Waals surface area contributed by atoms with E-state index in [1.54, 1.807) is 14.2 Å². The molecular formula is C2H9O3P. The van der Waals surface area contributed by atoms with Crippen molar-refractivity contribution in [2.24, 2.45) is 0 Å². The van der Waals surface area contributed by atoms with E-state index in [1.165, 1.54) is 0 Å². The second-order valence-electron chi connectivity index (χ2n) is 0.492. The summed E-state index contributed by atoms with van der Waals surface area (Å²) in [5, 5.41) is 0. The number of hydrogen-bond donors (Lipinski definition) is 0. The Hall–Kier alpha value is 0.310. The first-order valence-electron chi connectivity index (χ1n) is 1.22. The van der Waals surface area contributed by atoms with Crippen molar-refractivity contribution in [1.29, 1.82) is 0 Å². The summed E-state index contributed by atoms with van der Waals surface area (Å²) in [4.78, 5) is 0. The predicted octanol–water partition coefficient (Wildman–Crippen LogP) is -0.0370. The molecule has 0 aliphatic heterocycles. The summed E-state index contributed by atoms with van der Waals surface area (Å²) in [5.74, 6) is 0. The van der Waals surface area contributed by atoms with Gasteiger partial charge in [0.15, 0.2) is 9.03 Å². The van der Waals surface area contributed by atoms with E-state index in [4.69, 9.17) is 0 Å². The standard InChI is InChI=1S/C2H7O2P.H2O/c1-3-5-4-2;/h5H,1-2H3;1H2. The smallest absolute Gasteiger partial charge is 0.154 e. The molecule has 0 aliphatic rings. The zero-order chi connectivity index (χ0) is 4.12. The van der Waals surface area contributed by atoms with Crippen LogP contribution in [0.2, 0.25) is 0 Å². The molecule has 0 saturated heterocycles. The lowest BCUT2D eigenvalue weighted by Gasteiger charge is -1.86. The maximum atomic E-state index is 4.50. The minimum Gasteiger partial charge on any atom is -0.412 e. The predicted molar refractivity (Wildman–Crippen MR) is 25.9 cm³/mol. The van der Waals surface area contributed by atoms with Crippen LogP contribution in [0.4, 0.5) is 0 Å². The average molecular weight is 112 g/mol. The number of hydrogen-bond acceptors (Lipinski definition) is 2. The molecule has 0 aromatic carbocycles. The van der Waals surface area contributed by atoms with Crippen molar-refractivity contribution < 1.29 is 14.5 Å². The van der Waals surface area contributed by atoms with Crippen molar-refractivity contribution in [2.75, 3.05) is 14.2 Å². The molecule has 0 fully saturated rings. The zero-order valence-corrected chi connectivity index (χ0v) is 4.82. The van der Waals surface area contributed by atoms with Gasteiger partial charge >= 0.3 is 0 Å². The van der Waals surface area contributed by atoms with Crippen LogP contribution in [0, 0.1) is 0 Å². The highest BCUT2D eigenvalue weighted by Crippen LogP contribution is 2.05. The van der Waals surface area contributed by atoms with Crippen LogP contribution in [-0.4, -0.2) is 19.7 Å². The molecule has 0 bridgehead atoms. The van der Waals surface area contributed by atoms with Gasteiger partial charge in [0.25, 0.3) is 0 Å². The van der Waals surface area contributed by atoms with E-state index in [0.29, 0.717) is 0 Å². The van der Waals surface area contributed by atoms with Gasteiger partial charge in [-0.05, 0) is 0 Å². The van der Waals surface area contributed by atoms with E-state index in [9.17, 15) is 0 Å². The molecule has 0 aliphatic carbocycles. The molecule has 6 heavy (non-hydrogen) atoms. The molecule has 0 amide bonds. The minimum atomic E-state index is 0. The monoisotopic (exact) mass is 112 g/mol. The Kier molecular flexibility index (Phi) is 14.4. The first-order valence-corrected chi connectivity index (χ1v) is 2.04. The minimum absolute atomic E-state index is 0. The van der Waals surface area contributed by atoms with Gasteiger partial charge in [-0.3, -0.25) is 0 Å². The van der Waals surface area contributed by atoms with Gasteiger partial charge in [-0.1, -0.05) is 0 Å². The van der Waals surface area contributed by atoms with Gasteiger partial charge in [0.2, 0.25) is 0 Å². The Bertz CT molecular complexity index is 16.3. The summed E-state index contributed by atoms with van der Waals surface area (Å²) in [5.41, 5.74) is 0. The highest BCUT2D eigenvalue weighted by Gasteiger charge is 1.64. The molecule has 2 N–H and O–H groups in total. The molecule has 0 rings (SSSR count). The third-order valence-electron chi connectivity index (χ3n) is 0.167. The summed E-state index contributed by atoms with van der Waals surface area (Å²) in [6, 6.07) is 0. The van der Waals surface area contributed by atoms with E-state index in [0.717, 1.165) is 0 Å². The molecule has 0 unspecified atom stereocenters. The van der Waals surface area contributed by atoms with Gasteiger partial charge in [-0.25, -0.2) is 0 Å². The lowest BCUT2D eigenvalue weighted by molar-refractivity contribution is 0.362. The molecule has 0 aromatic heterocycles. The maximum Gasteiger partial charge on any atom is 0.154 e. The van der Waals surface area contributed by atoms with Crippen LogP contribution in [0.15, 0.2) is 0 Å². The van der Waals surface area contributed by atoms with Crippen LogP contribution in [0.25, 0.3) is 0 Å². The van der Waals surface area contributed by atoms with Crippen molar-refractivity contribution in [1.82, 2.24) is 0 Å². The largest absolute Gasteiger partial charge is 0.412 e. The van der Waals surface area contributed by atoms with E-state index in [2.05, 4.69) is 9.05 Å². The first-order chi connectivity index (χ1) is 2.41. The van der Waals surface area contributed by atoms with Crippen molar-refractivity contribution in [3.05, 3.63) is 0 Å². The van der Waals surface area contributed by atoms with Crippen molar-refractivity contribution in [3.8, 4) is 0 Å². The highest BCUT2D eigenvalue weighted by molar-refractivity contribution is 7.26. The van der Waals surface area contributed by atoms with Crippen LogP contribution in [0.1, 0.15) is 0 Å². The molecule has 0 aromatic rings. The molecule has 4 heteroatoms. The molecule has 0 heterocycles.